The minimum Gasteiger partial charge on any atom is -0.314 e. The summed E-state index contributed by atoms with van der Waals surface area (Å²) in [5.74, 6) is 0.619. The molecule has 3 aromatic rings. The van der Waals surface area contributed by atoms with E-state index in [2.05, 4.69) is 65.6 Å². The number of fused-ring (bicyclic) bond motifs is 2. The van der Waals surface area contributed by atoms with E-state index >= 15 is 0 Å². The summed E-state index contributed by atoms with van der Waals surface area (Å²) in [5, 5.41) is 20.6. The van der Waals surface area contributed by atoms with Crippen molar-refractivity contribution in [3.05, 3.63) is 107 Å². The lowest BCUT2D eigenvalue weighted by Crippen LogP contribution is -2.55. The van der Waals surface area contributed by atoms with Gasteiger partial charge in [0.25, 0.3) is 0 Å². The molecule has 2 heterocycles. The van der Waals surface area contributed by atoms with Gasteiger partial charge in [-0.2, -0.15) is 10.5 Å². The van der Waals surface area contributed by atoms with E-state index in [1.807, 2.05) is 36.4 Å². The Morgan fingerprint density at radius 1 is 0.912 bits per heavy atom. The van der Waals surface area contributed by atoms with E-state index < -0.39 is 0 Å². The second kappa shape index (κ2) is 8.01. The molecule has 0 N–H and O–H groups in total. The van der Waals surface area contributed by atoms with E-state index in [9.17, 15) is 10.5 Å². The molecule has 3 aliphatic rings. The van der Waals surface area contributed by atoms with E-state index in [-0.39, 0.29) is 17.2 Å². The molecule has 164 valence electrons. The van der Waals surface area contributed by atoms with Crippen LogP contribution in [-0.4, -0.2) is 5.66 Å². The van der Waals surface area contributed by atoms with Crippen LogP contribution >= 0.6 is 0 Å². The van der Waals surface area contributed by atoms with Crippen LogP contribution in [0.2, 0.25) is 0 Å². The van der Waals surface area contributed by atoms with Crippen LogP contribution < -0.4 is 15.5 Å². The Kier molecular flexibility index (Phi) is 4.82. The van der Waals surface area contributed by atoms with E-state index in [0.29, 0.717) is 11.1 Å². The summed E-state index contributed by atoms with van der Waals surface area (Å²) in [6, 6.07) is 31.3. The first-order valence-corrected chi connectivity index (χ1v) is 11.9. The van der Waals surface area contributed by atoms with Crippen LogP contribution in [0.4, 0.5) is 5.69 Å². The number of nitrogens with zero attached hydrogens (tertiary/aromatic N) is 4. The highest BCUT2D eigenvalue weighted by molar-refractivity contribution is 5.85. The third-order valence-electron chi connectivity index (χ3n) is 7.60. The SMILES string of the molecule is N#CC(C#N)=c1ccc2c(c1)N1C(c3ccccc3)=C[C@@H](c3ccccc3)[C@@H]3CCCC[C@]31N=2. The smallest absolute Gasteiger partial charge is 0.140 e. The number of rotatable bonds is 2. The van der Waals surface area contributed by atoms with Crippen molar-refractivity contribution in [2.75, 3.05) is 4.90 Å². The average Bonchev–Trinajstić information content (AvgIpc) is 3.22. The Hall–Kier alpha value is -4.15. The fourth-order valence-electron chi connectivity index (χ4n) is 6.16. The second-order valence-electron chi connectivity index (χ2n) is 9.33. The third-order valence-corrected chi connectivity index (χ3v) is 7.60. The molecule has 0 radical (unpaired) electrons. The Bertz CT molecular complexity index is 1480. The third kappa shape index (κ3) is 3.00. The fraction of sp³-hybridized carbons (Fsp3) is 0.233. The molecule has 1 saturated carbocycles. The maximum Gasteiger partial charge on any atom is 0.140 e. The number of nitriles is 2. The molecule has 4 nitrogen and oxygen atoms in total. The maximum atomic E-state index is 9.48. The Morgan fingerprint density at radius 2 is 1.65 bits per heavy atom. The van der Waals surface area contributed by atoms with E-state index in [0.717, 1.165) is 41.6 Å². The van der Waals surface area contributed by atoms with Gasteiger partial charge in [0.15, 0.2) is 0 Å². The monoisotopic (exact) mass is 440 g/mol. The molecule has 2 aliphatic heterocycles. The van der Waals surface area contributed by atoms with Crippen molar-refractivity contribution >= 4 is 17.0 Å². The average molecular weight is 441 g/mol. The van der Waals surface area contributed by atoms with Gasteiger partial charge in [0, 0.05) is 22.8 Å². The van der Waals surface area contributed by atoms with Crippen molar-refractivity contribution in [2.45, 2.75) is 37.3 Å². The van der Waals surface area contributed by atoms with Crippen molar-refractivity contribution in [3.8, 4) is 12.1 Å². The van der Waals surface area contributed by atoms with Gasteiger partial charge in [-0.15, -0.1) is 0 Å². The number of allylic oxidation sites excluding steroid dienone is 1. The molecular weight excluding hydrogens is 416 g/mol. The fourth-order valence-corrected chi connectivity index (χ4v) is 6.16. The minimum absolute atomic E-state index is 0.133. The molecule has 3 aromatic carbocycles. The maximum absolute atomic E-state index is 9.48. The van der Waals surface area contributed by atoms with Crippen LogP contribution in [0.1, 0.15) is 42.7 Å². The number of hydrogen-bond acceptors (Lipinski definition) is 4. The van der Waals surface area contributed by atoms with Crippen molar-refractivity contribution < 1.29 is 0 Å². The first-order chi connectivity index (χ1) is 16.7. The molecule has 1 fully saturated rings. The second-order valence-corrected chi connectivity index (χ2v) is 9.33. The molecule has 4 heteroatoms. The van der Waals surface area contributed by atoms with Gasteiger partial charge >= 0.3 is 0 Å². The van der Waals surface area contributed by atoms with E-state index in [1.165, 1.54) is 12.0 Å². The molecule has 3 atom stereocenters. The zero-order valence-corrected chi connectivity index (χ0v) is 18.9. The summed E-state index contributed by atoms with van der Waals surface area (Å²) in [7, 11) is 0. The zero-order chi connectivity index (χ0) is 23.1. The van der Waals surface area contributed by atoms with Crippen LogP contribution in [0.15, 0.2) is 89.9 Å². The van der Waals surface area contributed by atoms with Crippen LogP contribution in [0.5, 0.6) is 0 Å². The van der Waals surface area contributed by atoms with Crippen LogP contribution in [0.3, 0.4) is 0 Å². The van der Waals surface area contributed by atoms with Crippen molar-refractivity contribution in [2.24, 2.45) is 10.9 Å². The molecule has 1 aliphatic carbocycles. The Morgan fingerprint density at radius 3 is 2.38 bits per heavy atom. The molecule has 0 aromatic heterocycles. The van der Waals surface area contributed by atoms with Crippen molar-refractivity contribution in [3.63, 3.8) is 0 Å². The predicted molar refractivity (Wildman–Crippen MR) is 133 cm³/mol. The standard InChI is InChI=1S/C30H24N4/c31-19-24(20-32)23-14-15-27-29(17-23)34-28(22-11-5-2-6-12-22)18-25(21-9-3-1-4-10-21)26-13-7-8-16-30(26,34)33-27/h1-6,9-12,14-15,17-18,25-26H,7-8,13,16H2/t25-,26-,30+/m0/s1. The highest BCUT2D eigenvalue weighted by Crippen LogP contribution is 2.55. The molecule has 0 amide bonds. The van der Waals surface area contributed by atoms with E-state index in [4.69, 9.17) is 4.99 Å². The molecule has 6 rings (SSSR count). The van der Waals surface area contributed by atoms with Crippen LogP contribution in [0.25, 0.3) is 11.3 Å². The Balaban J connectivity index is 1.65. The van der Waals surface area contributed by atoms with Crippen molar-refractivity contribution in [1.82, 2.24) is 0 Å². The summed E-state index contributed by atoms with van der Waals surface area (Å²) in [4.78, 5) is 7.87. The van der Waals surface area contributed by atoms with Gasteiger partial charge in [-0.25, -0.2) is 0 Å². The highest BCUT2D eigenvalue weighted by atomic mass is 15.4. The quantitative estimate of drug-likeness (QED) is 0.560. The minimum atomic E-state index is -0.362. The first-order valence-electron chi connectivity index (χ1n) is 11.9. The molecule has 34 heavy (non-hydrogen) atoms. The molecule has 0 unspecified atom stereocenters. The normalized spacial score (nSPS) is 24.4. The largest absolute Gasteiger partial charge is 0.314 e. The molecular formula is C30H24N4. The zero-order valence-electron chi connectivity index (χ0n) is 18.9. The molecule has 0 bridgehead atoms. The molecule has 0 saturated heterocycles. The van der Waals surface area contributed by atoms with Gasteiger partial charge in [0.2, 0.25) is 0 Å². The van der Waals surface area contributed by atoms with Crippen molar-refractivity contribution in [1.29, 1.82) is 10.5 Å². The number of anilines is 1. The first kappa shape index (κ1) is 20.5. The highest BCUT2D eigenvalue weighted by Gasteiger charge is 2.55. The van der Waals surface area contributed by atoms with Gasteiger partial charge in [0.05, 0.1) is 11.0 Å². The summed E-state index contributed by atoms with van der Waals surface area (Å²) >= 11 is 0. The summed E-state index contributed by atoms with van der Waals surface area (Å²) in [5.41, 5.74) is 4.41. The summed E-state index contributed by atoms with van der Waals surface area (Å²) in [6.45, 7) is 0. The van der Waals surface area contributed by atoms with Crippen LogP contribution in [0, 0.1) is 28.6 Å². The van der Waals surface area contributed by atoms with Gasteiger partial charge in [0.1, 0.15) is 23.4 Å². The summed E-state index contributed by atoms with van der Waals surface area (Å²) in [6.07, 6.45) is 6.87. The molecule has 1 spiro atoms. The van der Waals surface area contributed by atoms with Gasteiger partial charge in [-0.05, 0) is 42.5 Å². The number of benzene rings is 3. The lowest BCUT2D eigenvalue weighted by Gasteiger charge is -2.53. The number of hydrogen-bond donors (Lipinski definition) is 0. The lowest BCUT2D eigenvalue weighted by molar-refractivity contribution is 0.176. The topological polar surface area (TPSA) is 63.2 Å². The Labute approximate surface area is 199 Å². The van der Waals surface area contributed by atoms with Gasteiger partial charge in [-0.1, -0.05) is 79.2 Å². The lowest BCUT2D eigenvalue weighted by atomic mass is 9.66. The van der Waals surface area contributed by atoms with Crippen LogP contribution in [-0.2, 0) is 0 Å². The summed E-state index contributed by atoms with van der Waals surface area (Å²) < 4.78 is 0. The van der Waals surface area contributed by atoms with E-state index in [1.54, 1.807) is 0 Å². The predicted octanol–water partition coefficient (Wildman–Crippen LogP) is 5.05. The van der Waals surface area contributed by atoms with Gasteiger partial charge < -0.3 is 4.90 Å². The van der Waals surface area contributed by atoms with Gasteiger partial charge in [-0.3, -0.25) is 4.99 Å².